The lowest BCUT2D eigenvalue weighted by atomic mass is 9.78. The molecule has 9 atom stereocenters. The van der Waals surface area contributed by atoms with Crippen molar-refractivity contribution >= 4 is 18.0 Å². The number of carbonyl (C=O) groups is 2. The molecule has 9 unspecified atom stereocenters. The van der Waals surface area contributed by atoms with Gasteiger partial charge in [0.2, 0.25) is 5.89 Å². The largest absolute Gasteiger partial charge is 0.457 e. The first kappa shape index (κ1) is 42.5. The quantitative estimate of drug-likeness (QED) is 0.178. The van der Waals surface area contributed by atoms with Gasteiger partial charge in [-0.1, -0.05) is 107 Å². The molecule has 0 spiro atoms. The van der Waals surface area contributed by atoms with Crippen molar-refractivity contribution in [2.24, 2.45) is 10.8 Å². The number of aliphatic hydroxyl groups is 2. The molecule has 2 N–H and O–H groups in total. The number of cyclic esters (lactones) is 2. The first-order chi connectivity index (χ1) is 26.8. The lowest BCUT2D eigenvalue weighted by Gasteiger charge is -2.36. The Morgan fingerprint density at radius 3 is 2.11 bits per heavy atom. The van der Waals surface area contributed by atoms with Gasteiger partial charge in [0.05, 0.1) is 30.8 Å². The summed E-state index contributed by atoms with van der Waals surface area (Å²) in [5.74, 6) is -0.844. The lowest BCUT2D eigenvalue weighted by molar-refractivity contribution is -0.0526. The minimum Gasteiger partial charge on any atom is -0.457 e. The van der Waals surface area contributed by atoms with Gasteiger partial charge >= 0.3 is 11.9 Å². The van der Waals surface area contributed by atoms with Crippen molar-refractivity contribution < 1.29 is 52.3 Å². The summed E-state index contributed by atoms with van der Waals surface area (Å²) >= 11 is 0. The van der Waals surface area contributed by atoms with Crippen molar-refractivity contribution in [2.75, 3.05) is 7.11 Å². The molecule has 56 heavy (non-hydrogen) atoms. The summed E-state index contributed by atoms with van der Waals surface area (Å²) in [5, 5.41) is 21.9. The number of methoxy groups -OCH3 is 1. The molecule has 0 radical (unpaired) electrons. The molecule has 13 nitrogen and oxygen atoms in total. The summed E-state index contributed by atoms with van der Waals surface area (Å²) in [6, 6.07) is 0. The first-order valence-corrected chi connectivity index (χ1v) is 18.9. The highest BCUT2D eigenvalue weighted by molar-refractivity contribution is 5.87. The molecular weight excluding hydrogens is 720 g/mol. The molecule has 2 saturated heterocycles. The summed E-state index contributed by atoms with van der Waals surface area (Å²) < 4.78 is 40.5. The van der Waals surface area contributed by atoms with E-state index in [-0.39, 0.29) is 54.0 Å². The number of hydrogen-bond acceptors (Lipinski definition) is 13. The van der Waals surface area contributed by atoms with Gasteiger partial charge in [-0.25, -0.2) is 19.6 Å². The van der Waals surface area contributed by atoms with Gasteiger partial charge in [0.1, 0.15) is 43.0 Å². The molecular formula is C43H54N2O11. The average Bonchev–Trinajstić information content (AvgIpc) is 3.99. The number of allylic oxidation sites excluding steroid dienone is 8. The van der Waals surface area contributed by atoms with Crippen molar-refractivity contribution in [1.29, 1.82) is 0 Å². The maximum atomic E-state index is 13.4. The Labute approximate surface area is 328 Å². The number of nitrogens with zero attached hydrogens (tertiary/aromatic N) is 2. The number of rotatable bonds is 7. The number of epoxide rings is 2. The van der Waals surface area contributed by atoms with Crippen LogP contribution in [-0.4, -0.2) is 94.2 Å². The number of esters is 2. The Balaban J connectivity index is 1.37. The van der Waals surface area contributed by atoms with Crippen molar-refractivity contribution in [2.45, 2.75) is 116 Å². The van der Waals surface area contributed by atoms with Gasteiger partial charge in [0.25, 0.3) is 0 Å². The Hall–Kier alpha value is -4.66. The highest BCUT2D eigenvalue weighted by atomic mass is 16.7. The van der Waals surface area contributed by atoms with E-state index in [9.17, 15) is 19.8 Å². The fourth-order valence-electron chi connectivity index (χ4n) is 6.30. The molecule has 0 amide bonds. The van der Waals surface area contributed by atoms with Crippen LogP contribution in [0.15, 0.2) is 100 Å². The van der Waals surface area contributed by atoms with Crippen LogP contribution in [0.4, 0.5) is 0 Å². The van der Waals surface area contributed by atoms with E-state index < -0.39 is 53.3 Å². The van der Waals surface area contributed by atoms with Crippen LogP contribution in [0.25, 0.3) is 6.08 Å². The number of aromatic nitrogens is 2. The summed E-state index contributed by atoms with van der Waals surface area (Å²) in [6.45, 7) is 11.0. The summed E-state index contributed by atoms with van der Waals surface area (Å²) in [6.07, 6.45) is 23.8. The maximum Gasteiger partial charge on any atom is 0.360 e. The van der Waals surface area contributed by atoms with E-state index in [1.165, 1.54) is 12.5 Å². The lowest BCUT2D eigenvalue weighted by Crippen LogP contribution is -2.43. The summed E-state index contributed by atoms with van der Waals surface area (Å²) in [4.78, 5) is 35.3. The minimum absolute atomic E-state index is 0.00482. The predicted octanol–water partition coefficient (Wildman–Crippen LogP) is 6.46. The van der Waals surface area contributed by atoms with E-state index in [4.69, 9.17) is 32.5 Å². The Kier molecular flexibility index (Phi) is 14.4. The molecule has 0 saturated carbocycles. The van der Waals surface area contributed by atoms with Crippen molar-refractivity contribution in [3.8, 4) is 0 Å². The summed E-state index contributed by atoms with van der Waals surface area (Å²) in [5.41, 5.74) is -1.69. The van der Waals surface area contributed by atoms with Crippen LogP contribution in [0.2, 0.25) is 0 Å². The van der Waals surface area contributed by atoms with Crippen LogP contribution < -0.4 is 0 Å². The number of aliphatic hydroxyl groups excluding tert-OH is 2. The van der Waals surface area contributed by atoms with Gasteiger partial charge in [-0.05, 0) is 13.8 Å². The third-order valence-electron chi connectivity index (χ3n) is 10.4. The van der Waals surface area contributed by atoms with E-state index in [0.29, 0.717) is 12.8 Å². The van der Waals surface area contributed by atoms with Crippen molar-refractivity contribution in [3.63, 3.8) is 0 Å². The molecule has 5 heterocycles. The molecule has 2 fully saturated rings. The summed E-state index contributed by atoms with van der Waals surface area (Å²) in [7, 11) is 1.56. The fraction of sp³-hybridized carbons (Fsp3) is 0.488. The number of hydrogen-bond donors (Lipinski definition) is 2. The van der Waals surface area contributed by atoms with E-state index in [1.54, 1.807) is 49.6 Å². The van der Waals surface area contributed by atoms with Gasteiger partial charge in [0, 0.05) is 36.9 Å². The topological polar surface area (TPSA) is 179 Å². The molecule has 302 valence electrons. The van der Waals surface area contributed by atoms with Crippen LogP contribution in [0.3, 0.4) is 0 Å². The first-order valence-electron chi connectivity index (χ1n) is 18.9. The zero-order valence-corrected chi connectivity index (χ0v) is 33.0. The number of ether oxygens (including phenoxy) is 5. The molecule has 13 heteroatoms. The van der Waals surface area contributed by atoms with Gasteiger partial charge in [-0.3, -0.25) is 0 Å². The zero-order chi connectivity index (χ0) is 40.5. The van der Waals surface area contributed by atoms with E-state index in [2.05, 4.69) is 9.97 Å². The van der Waals surface area contributed by atoms with E-state index >= 15 is 0 Å². The Morgan fingerprint density at radius 1 is 0.786 bits per heavy atom. The van der Waals surface area contributed by atoms with Gasteiger partial charge in [-0.2, -0.15) is 0 Å². The smallest absolute Gasteiger partial charge is 0.360 e. The molecule has 5 rings (SSSR count). The molecule has 3 aliphatic rings. The minimum atomic E-state index is -0.895. The number of fused-ring (bicyclic) bond motifs is 7. The molecule has 2 aromatic heterocycles. The second-order valence-electron chi connectivity index (χ2n) is 15.2. The standard InChI is InChI=1S/C43H54N2O11/c1-8-17-32(46)42(3,4)34-21-14-12-10-11-13-19-27(50-7)23-37-45-29(26-52-37)41(49)56-35(43(5,6)33(47)18-9-2)24-31-39(54-31)38-30(53-38)20-15-16-22-36-44-28(25-51-36)40(48)55-34/h8-20,22,25-27,30-35,38-39,46-47H,21,23-24H2,1-7H3. The van der Waals surface area contributed by atoms with Crippen LogP contribution in [0, 0.1) is 10.8 Å². The third-order valence-corrected chi connectivity index (χ3v) is 10.4. The maximum absolute atomic E-state index is 13.4. The van der Waals surface area contributed by atoms with Crippen molar-refractivity contribution in [1.82, 2.24) is 9.97 Å². The van der Waals surface area contributed by atoms with E-state index in [1.807, 2.05) is 84.1 Å². The molecule has 0 aromatic carbocycles. The van der Waals surface area contributed by atoms with Gasteiger partial charge in [-0.15, -0.1) is 0 Å². The Bertz CT molecular complexity index is 1840. The van der Waals surface area contributed by atoms with E-state index in [0.717, 1.165) is 0 Å². The van der Waals surface area contributed by atoms with Crippen molar-refractivity contribution in [3.05, 3.63) is 115 Å². The molecule has 4 bridgehead atoms. The predicted molar refractivity (Wildman–Crippen MR) is 207 cm³/mol. The second-order valence-corrected chi connectivity index (χ2v) is 15.2. The number of carbonyl (C=O) groups excluding carboxylic acids is 2. The fourth-order valence-corrected chi connectivity index (χ4v) is 6.30. The van der Waals surface area contributed by atoms with Gasteiger partial charge < -0.3 is 42.7 Å². The van der Waals surface area contributed by atoms with Crippen LogP contribution in [-0.2, 0) is 30.1 Å². The molecule has 0 aliphatic carbocycles. The average molecular weight is 775 g/mol. The zero-order valence-electron chi connectivity index (χ0n) is 33.0. The van der Waals surface area contributed by atoms with Crippen LogP contribution in [0.5, 0.6) is 0 Å². The Morgan fingerprint density at radius 2 is 1.41 bits per heavy atom. The highest BCUT2D eigenvalue weighted by Crippen LogP contribution is 2.44. The monoisotopic (exact) mass is 774 g/mol. The molecule has 2 aromatic rings. The van der Waals surface area contributed by atoms with Gasteiger partial charge in [0.15, 0.2) is 17.3 Å². The highest BCUT2D eigenvalue weighted by Gasteiger charge is 2.58. The second kappa shape index (κ2) is 19.0. The van der Waals surface area contributed by atoms with Crippen LogP contribution >= 0.6 is 0 Å². The van der Waals surface area contributed by atoms with Crippen LogP contribution in [0.1, 0.15) is 87.1 Å². The SMILES string of the molecule is CC=CC(O)C(C)(C)C1CC=CC=CC=CC(OC)Cc2nc(co2)C(=O)OC(C(C)(C)C(O)C=CC)CC2OC2C2OC2C=CC=Cc2nc(co2)C(=O)O1. The number of oxazole rings is 2. The molecule has 3 aliphatic heterocycles. The normalized spacial score (nSPS) is 28.1. The third kappa shape index (κ3) is 11.0.